The number of halogens is 2. The first kappa shape index (κ1) is 17.7. The fourth-order valence-electron chi connectivity index (χ4n) is 2.60. The molecule has 25 heavy (non-hydrogen) atoms. The molecule has 1 fully saturated rings. The van der Waals surface area contributed by atoms with Crippen LogP contribution in [0.1, 0.15) is 33.6 Å². The lowest BCUT2D eigenvalue weighted by Crippen LogP contribution is -2.52. The lowest BCUT2D eigenvalue weighted by molar-refractivity contribution is 0.00582. The van der Waals surface area contributed by atoms with Crippen molar-refractivity contribution in [3.05, 3.63) is 17.3 Å². The van der Waals surface area contributed by atoms with Gasteiger partial charge >= 0.3 is 6.09 Å². The fourth-order valence-corrected chi connectivity index (χ4v) is 2.74. The highest BCUT2D eigenvalue weighted by atomic mass is 35.5. The summed E-state index contributed by atoms with van der Waals surface area (Å²) in [6.45, 7) is 5.60. The van der Waals surface area contributed by atoms with Crippen molar-refractivity contribution < 1.29 is 18.3 Å². The van der Waals surface area contributed by atoms with E-state index in [2.05, 4.69) is 15.3 Å². The Kier molecular flexibility index (Phi) is 4.73. The number of pyridine rings is 1. The van der Waals surface area contributed by atoms with Crippen molar-refractivity contribution in [2.24, 2.45) is 0 Å². The van der Waals surface area contributed by atoms with Crippen molar-refractivity contribution in [3.8, 4) is 0 Å². The Morgan fingerprint density at radius 1 is 1.44 bits per heavy atom. The topological polar surface area (TPSA) is 80.5 Å². The van der Waals surface area contributed by atoms with Gasteiger partial charge in [-0.2, -0.15) is 4.98 Å². The lowest BCUT2D eigenvalue weighted by Gasteiger charge is -2.37. The van der Waals surface area contributed by atoms with Crippen molar-refractivity contribution in [3.63, 3.8) is 0 Å². The average molecular weight is 371 g/mol. The van der Waals surface area contributed by atoms with E-state index in [9.17, 15) is 9.18 Å². The van der Waals surface area contributed by atoms with Crippen LogP contribution in [0.15, 0.2) is 16.5 Å². The van der Waals surface area contributed by atoms with Crippen LogP contribution in [0.2, 0.25) is 5.15 Å². The molecule has 0 spiro atoms. The maximum absolute atomic E-state index is 13.9. The third-order valence-corrected chi connectivity index (χ3v) is 3.89. The molecule has 2 atom stereocenters. The number of nitrogens with one attached hydrogen (secondary N) is 1. The van der Waals surface area contributed by atoms with Crippen LogP contribution in [0.25, 0.3) is 11.2 Å². The number of oxazole rings is 1. The highest BCUT2D eigenvalue weighted by Gasteiger charge is 2.35. The lowest BCUT2D eigenvalue weighted by atomic mass is 10.1. The largest absolute Gasteiger partial charge is 0.444 e. The summed E-state index contributed by atoms with van der Waals surface area (Å²) < 4.78 is 24.8. The van der Waals surface area contributed by atoms with Crippen LogP contribution in [0.4, 0.5) is 15.2 Å². The number of aromatic nitrogens is 2. The first-order valence-corrected chi connectivity index (χ1v) is 8.42. The van der Waals surface area contributed by atoms with E-state index in [1.807, 2.05) is 0 Å². The highest BCUT2D eigenvalue weighted by Crippen LogP contribution is 2.26. The number of nitrogens with zero attached hydrogens (tertiary/aromatic N) is 3. The number of amides is 1. The minimum absolute atomic E-state index is 0.117. The Morgan fingerprint density at radius 3 is 2.92 bits per heavy atom. The number of hydrogen-bond acceptors (Lipinski definition) is 6. The SMILES string of the molecule is CC(C)(C)OC(=O)N1CCC(F)CC1Nc1nc2nc(Cl)ccc2o1. The zero-order valence-electron chi connectivity index (χ0n) is 14.3. The number of likely N-dealkylation sites (tertiary alicyclic amines) is 1. The third-order valence-electron chi connectivity index (χ3n) is 3.68. The first-order valence-electron chi connectivity index (χ1n) is 8.04. The smallest absolute Gasteiger partial charge is 0.411 e. The zero-order valence-corrected chi connectivity index (χ0v) is 15.0. The van der Waals surface area contributed by atoms with Gasteiger partial charge in [-0.15, -0.1) is 0 Å². The van der Waals surface area contributed by atoms with Crippen LogP contribution in [0.3, 0.4) is 0 Å². The number of carbonyl (C=O) groups excluding carboxylic acids is 1. The Labute approximate surface area is 149 Å². The van der Waals surface area contributed by atoms with Gasteiger partial charge in [-0.25, -0.2) is 14.2 Å². The van der Waals surface area contributed by atoms with E-state index < -0.39 is 24.0 Å². The van der Waals surface area contributed by atoms with E-state index >= 15 is 0 Å². The number of ether oxygens (including phenoxy) is 1. The average Bonchev–Trinajstić information content (AvgIpc) is 2.86. The standard InChI is InChI=1S/C16H20ClFN4O3/c1-16(2,3)25-15(23)22-7-6-9(18)8-12(22)20-14-21-13-10(24-14)4-5-11(17)19-13/h4-5,9,12H,6-8H2,1-3H3,(H,19,20,21). The van der Waals surface area contributed by atoms with Crippen LogP contribution in [0.5, 0.6) is 0 Å². The molecule has 1 N–H and O–H groups in total. The van der Waals surface area contributed by atoms with Crippen molar-refractivity contribution in [2.75, 3.05) is 11.9 Å². The van der Waals surface area contributed by atoms with Gasteiger partial charge in [0.05, 0.1) is 0 Å². The fraction of sp³-hybridized carbons (Fsp3) is 0.562. The molecule has 0 aromatic carbocycles. The minimum Gasteiger partial charge on any atom is -0.444 e. The number of rotatable bonds is 2. The van der Waals surface area contributed by atoms with E-state index in [-0.39, 0.29) is 25.4 Å². The third kappa shape index (κ3) is 4.31. The molecule has 2 unspecified atom stereocenters. The van der Waals surface area contributed by atoms with Crippen molar-refractivity contribution >= 4 is 34.9 Å². The van der Waals surface area contributed by atoms with Crippen LogP contribution >= 0.6 is 11.6 Å². The second-order valence-corrected chi connectivity index (χ2v) is 7.32. The van der Waals surface area contributed by atoms with Crippen molar-refractivity contribution in [1.29, 1.82) is 0 Å². The zero-order chi connectivity index (χ0) is 18.2. The Balaban J connectivity index is 1.79. The van der Waals surface area contributed by atoms with Gasteiger partial charge in [-0.05, 0) is 39.3 Å². The molecule has 7 nitrogen and oxygen atoms in total. The molecule has 3 heterocycles. The summed E-state index contributed by atoms with van der Waals surface area (Å²) in [5, 5.41) is 3.26. The van der Waals surface area contributed by atoms with Crippen LogP contribution in [-0.4, -0.2) is 45.4 Å². The van der Waals surface area contributed by atoms with Crippen LogP contribution in [0, 0.1) is 0 Å². The number of hydrogen-bond donors (Lipinski definition) is 1. The number of carbonyl (C=O) groups is 1. The van der Waals surface area contributed by atoms with Gasteiger partial charge in [0.15, 0.2) is 5.58 Å². The quantitative estimate of drug-likeness (QED) is 0.805. The molecule has 0 saturated carbocycles. The second-order valence-electron chi connectivity index (χ2n) is 6.93. The molecule has 1 amide bonds. The first-order chi connectivity index (χ1) is 11.7. The molecule has 1 aliphatic rings. The van der Waals surface area contributed by atoms with E-state index in [1.54, 1.807) is 32.9 Å². The predicted octanol–water partition coefficient (Wildman–Crippen LogP) is 3.98. The van der Waals surface area contributed by atoms with Crippen LogP contribution in [-0.2, 0) is 4.74 Å². The van der Waals surface area contributed by atoms with E-state index in [0.29, 0.717) is 16.4 Å². The molecule has 2 aromatic heterocycles. The van der Waals surface area contributed by atoms with Crippen molar-refractivity contribution in [2.45, 2.75) is 51.6 Å². The number of piperidine rings is 1. The summed E-state index contributed by atoms with van der Waals surface area (Å²) in [6.07, 6.45) is -1.77. The molecular formula is C16H20ClFN4O3. The normalized spacial score (nSPS) is 21.4. The Bertz CT molecular complexity index is 776. The van der Waals surface area contributed by atoms with Gasteiger partial charge in [0.25, 0.3) is 6.01 Å². The van der Waals surface area contributed by atoms with Gasteiger partial charge < -0.3 is 14.5 Å². The van der Waals surface area contributed by atoms with E-state index in [1.165, 1.54) is 4.90 Å². The second kappa shape index (κ2) is 6.67. The number of alkyl halides is 1. The molecule has 136 valence electrons. The van der Waals surface area contributed by atoms with Gasteiger partial charge in [0.1, 0.15) is 23.1 Å². The summed E-state index contributed by atoms with van der Waals surface area (Å²) >= 11 is 5.83. The van der Waals surface area contributed by atoms with Crippen LogP contribution < -0.4 is 5.32 Å². The van der Waals surface area contributed by atoms with Gasteiger partial charge in [-0.3, -0.25) is 4.90 Å². The molecule has 0 bridgehead atoms. The molecule has 3 rings (SSSR count). The number of fused-ring (bicyclic) bond motifs is 1. The highest BCUT2D eigenvalue weighted by molar-refractivity contribution is 6.29. The van der Waals surface area contributed by atoms with E-state index in [0.717, 1.165) is 0 Å². The molecule has 0 radical (unpaired) electrons. The monoisotopic (exact) mass is 370 g/mol. The molecule has 1 aliphatic heterocycles. The molecule has 2 aromatic rings. The maximum atomic E-state index is 13.9. The van der Waals surface area contributed by atoms with Gasteiger partial charge in [0.2, 0.25) is 5.65 Å². The number of anilines is 1. The predicted molar refractivity (Wildman–Crippen MR) is 91.3 cm³/mol. The van der Waals surface area contributed by atoms with Crippen molar-refractivity contribution in [1.82, 2.24) is 14.9 Å². The molecule has 1 saturated heterocycles. The van der Waals surface area contributed by atoms with E-state index in [4.69, 9.17) is 20.8 Å². The minimum atomic E-state index is -1.02. The summed E-state index contributed by atoms with van der Waals surface area (Å²) in [7, 11) is 0. The summed E-state index contributed by atoms with van der Waals surface area (Å²) in [5.74, 6) is 0. The maximum Gasteiger partial charge on any atom is 0.411 e. The summed E-state index contributed by atoms with van der Waals surface area (Å²) in [4.78, 5) is 22.1. The molecular weight excluding hydrogens is 351 g/mol. The Hall–Kier alpha value is -2.09. The summed E-state index contributed by atoms with van der Waals surface area (Å²) in [5.41, 5.74) is 0.154. The van der Waals surface area contributed by atoms with Gasteiger partial charge in [0, 0.05) is 13.0 Å². The molecule has 0 aliphatic carbocycles. The van der Waals surface area contributed by atoms with Gasteiger partial charge in [-0.1, -0.05) is 11.6 Å². The summed E-state index contributed by atoms with van der Waals surface area (Å²) in [6, 6.07) is 3.38. The Morgan fingerprint density at radius 2 is 2.20 bits per heavy atom. The molecule has 9 heteroatoms.